The number of amides is 2. The zero-order valence-corrected chi connectivity index (χ0v) is 41.6. The number of piperidine rings is 2. The molecule has 4 fully saturated rings. The van der Waals surface area contributed by atoms with Gasteiger partial charge in [0.15, 0.2) is 0 Å². The molecule has 6 aromatic rings. The van der Waals surface area contributed by atoms with Gasteiger partial charge in [-0.15, -0.1) is 0 Å². The van der Waals surface area contributed by atoms with Crippen LogP contribution in [0.5, 0.6) is 0 Å². The lowest BCUT2D eigenvalue weighted by atomic mass is 9.68. The fraction of sp³-hybridized carbons (Fsp3) is 0.418. The Kier molecular flexibility index (Phi) is 13.4. The van der Waals surface area contributed by atoms with Gasteiger partial charge in [0.05, 0.1) is 47.5 Å². The van der Waals surface area contributed by atoms with Crippen LogP contribution in [0.25, 0.3) is 11.4 Å². The zero-order chi connectivity index (χ0) is 51.0. The van der Waals surface area contributed by atoms with Crippen LogP contribution in [-0.2, 0) is 19.1 Å². The van der Waals surface area contributed by atoms with E-state index in [1.165, 1.54) is 0 Å². The minimum atomic E-state index is -1.07. The van der Waals surface area contributed by atoms with Crippen molar-refractivity contribution in [3.05, 3.63) is 132 Å². The number of hydrogen-bond acceptors (Lipinski definition) is 12. The first kappa shape index (κ1) is 48.8. The molecule has 2 saturated heterocycles. The van der Waals surface area contributed by atoms with E-state index >= 15 is 0 Å². The average molecular weight is 991 g/mol. The molecule has 4 aromatic heterocycles. The Bertz CT molecular complexity index is 2950. The van der Waals surface area contributed by atoms with Gasteiger partial charge in [-0.25, -0.2) is 28.9 Å². The maximum Gasteiger partial charge on any atom is 0.413 e. The number of aromatic nitrogens is 6. The van der Waals surface area contributed by atoms with Gasteiger partial charge in [0.25, 0.3) is 0 Å². The summed E-state index contributed by atoms with van der Waals surface area (Å²) in [4.78, 5) is 66.5. The minimum absolute atomic E-state index is 0.154. The Morgan fingerprint density at radius 1 is 0.616 bits per heavy atom. The lowest BCUT2D eigenvalue weighted by molar-refractivity contribution is -0.151. The number of carboxylic acids is 2. The Balaban J connectivity index is 0.737. The first-order valence-electron chi connectivity index (χ1n) is 25.3. The van der Waals surface area contributed by atoms with E-state index in [1.807, 2.05) is 113 Å². The molecular weight excluding hydrogens is 929 g/mol. The topological polar surface area (TPSA) is 219 Å². The summed E-state index contributed by atoms with van der Waals surface area (Å²) in [6.07, 6.45) is 9.45. The third-order valence-corrected chi connectivity index (χ3v) is 16.2. The lowest BCUT2D eigenvalue weighted by Crippen LogP contribution is -2.44. The van der Waals surface area contributed by atoms with Gasteiger partial charge in [0.1, 0.15) is 35.5 Å². The van der Waals surface area contributed by atoms with Gasteiger partial charge in [0, 0.05) is 37.3 Å². The van der Waals surface area contributed by atoms with E-state index < -0.39 is 59.0 Å². The van der Waals surface area contributed by atoms with Gasteiger partial charge in [-0.2, -0.15) is 10.2 Å². The number of nitrogens with zero attached hydrogens (tertiary/aromatic N) is 8. The van der Waals surface area contributed by atoms with E-state index in [1.54, 1.807) is 34.2 Å². The molecule has 2 saturated carbocycles. The van der Waals surface area contributed by atoms with Crippen molar-refractivity contribution >= 4 is 47.4 Å². The Hall–Kier alpha value is -7.76. The molecule has 18 nitrogen and oxygen atoms in total. The Labute approximate surface area is 423 Å². The number of anilines is 4. The zero-order valence-electron chi connectivity index (χ0n) is 41.6. The molecular formula is C55H62N10O8. The molecule has 0 bridgehead atoms. The standard InChI is InChI=1S/C55H62N10O8/c1-34-30-58-64(48(34)60-52(70)72-36(3)38-11-7-5-8-12-38)42-15-17-45(56-32-42)62-25-19-40(20-26-62)54(23-24-54)47(50(66)67)44-29-55(44,51(68)69)41-21-27-63(28-22-41)46-18-16-43(33-57-46)65-49(35(2)31-59-65)61-53(71)73-37(4)39-13-9-6-10-14-39/h5-18,30-33,36-37,40-41,44,47H,19-29H2,1-4H3,(H,60,70)(H,61,71)(H,66,67)(H,68,69). The normalized spacial score (nSPS) is 20.8. The molecule has 5 unspecified atom stereocenters. The number of benzene rings is 2. The van der Waals surface area contributed by atoms with E-state index in [0.29, 0.717) is 68.5 Å². The van der Waals surface area contributed by atoms with Gasteiger partial charge in [0.2, 0.25) is 0 Å². The molecule has 4 N–H and O–H groups in total. The van der Waals surface area contributed by atoms with Crippen LogP contribution < -0.4 is 20.4 Å². The second-order valence-electron chi connectivity index (χ2n) is 20.3. The van der Waals surface area contributed by atoms with Crippen molar-refractivity contribution < 1.29 is 38.9 Å². The Morgan fingerprint density at radius 2 is 1.05 bits per heavy atom. The number of carbonyl (C=O) groups is 4. The summed E-state index contributed by atoms with van der Waals surface area (Å²) in [5, 5.41) is 36.5. The summed E-state index contributed by atoms with van der Waals surface area (Å²) in [6, 6.07) is 26.7. The number of carboxylic acid groups (broad SMARTS) is 2. The molecule has 18 heteroatoms. The number of aryl methyl sites for hydroxylation is 2. The summed E-state index contributed by atoms with van der Waals surface area (Å²) in [7, 11) is 0. The molecule has 0 spiro atoms. The number of ether oxygens (including phenoxy) is 2. The molecule has 5 atom stereocenters. The Morgan fingerprint density at radius 3 is 1.44 bits per heavy atom. The number of pyridine rings is 2. The van der Waals surface area contributed by atoms with Crippen molar-refractivity contribution in [3.63, 3.8) is 0 Å². The highest BCUT2D eigenvalue weighted by Gasteiger charge is 2.73. The van der Waals surface area contributed by atoms with Crippen LogP contribution in [0.1, 0.15) is 93.3 Å². The number of rotatable bonds is 16. The monoisotopic (exact) mass is 990 g/mol. The van der Waals surface area contributed by atoms with Gasteiger partial charge < -0.3 is 29.5 Å². The van der Waals surface area contributed by atoms with Crippen molar-refractivity contribution in [2.24, 2.45) is 34.5 Å². The molecule has 2 aliphatic carbocycles. The molecule has 73 heavy (non-hydrogen) atoms. The molecule has 2 aromatic carbocycles. The third-order valence-electron chi connectivity index (χ3n) is 16.2. The third kappa shape index (κ3) is 9.69. The van der Waals surface area contributed by atoms with Gasteiger partial charge in [-0.3, -0.25) is 20.2 Å². The van der Waals surface area contributed by atoms with Gasteiger partial charge in [-0.05, 0) is 131 Å². The quantitative estimate of drug-likeness (QED) is 0.0710. The number of nitrogens with one attached hydrogen (secondary N) is 2. The first-order chi connectivity index (χ1) is 35.2. The molecule has 380 valence electrons. The van der Waals surface area contributed by atoms with Gasteiger partial charge >= 0.3 is 24.1 Å². The lowest BCUT2D eigenvalue weighted by Gasteiger charge is -2.41. The van der Waals surface area contributed by atoms with Crippen LogP contribution in [0, 0.1) is 48.3 Å². The van der Waals surface area contributed by atoms with E-state index in [4.69, 9.17) is 19.4 Å². The van der Waals surface area contributed by atoms with Crippen LogP contribution in [-0.4, -0.2) is 90.0 Å². The van der Waals surface area contributed by atoms with E-state index in [9.17, 15) is 29.4 Å². The smallest absolute Gasteiger partial charge is 0.413 e. The summed E-state index contributed by atoms with van der Waals surface area (Å²) in [5.74, 6) is -0.403. The SMILES string of the molecule is Cc1cnn(-c2ccc(N3CCC(C4(C(C(=O)O)C5CC5(C(=O)O)C5CCN(c6ccc(-n7ncc(C)c7NC(=O)OC(C)c7ccccc7)cn6)CC5)CC4)CC3)nc2)c1NC(=O)OC(C)c1ccccc1. The highest BCUT2D eigenvalue weighted by Crippen LogP contribution is 2.72. The molecule has 2 aliphatic heterocycles. The summed E-state index contributed by atoms with van der Waals surface area (Å²) in [6.45, 7) is 9.94. The average Bonchev–Trinajstić information content (AvgIpc) is 4.30. The number of hydrogen-bond donors (Lipinski definition) is 4. The van der Waals surface area contributed by atoms with Crippen molar-refractivity contribution in [2.45, 2.75) is 84.8 Å². The van der Waals surface area contributed by atoms with Crippen molar-refractivity contribution in [2.75, 3.05) is 46.6 Å². The van der Waals surface area contributed by atoms with E-state index in [-0.39, 0.29) is 11.8 Å². The van der Waals surface area contributed by atoms with Crippen molar-refractivity contribution in [1.29, 1.82) is 0 Å². The van der Waals surface area contributed by atoms with Gasteiger partial charge in [-0.1, -0.05) is 60.7 Å². The second-order valence-corrected chi connectivity index (χ2v) is 20.3. The van der Waals surface area contributed by atoms with Crippen LogP contribution in [0.3, 0.4) is 0 Å². The fourth-order valence-corrected chi connectivity index (χ4v) is 11.9. The predicted octanol–water partition coefficient (Wildman–Crippen LogP) is 9.79. The highest BCUT2D eigenvalue weighted by molar-refractivity contribution is 5.86. The molecule has 2 amide bonds. The maximum absolute atomic E-state index is 13.4. The minimum Gasteiger partial charge on any atom is -0.481 e. The number of aliphatic carboxylic acids is 2. The predicted molar refractivity (Wildman–Crippen MR) is 273 cm³/mol. The van der Waals surface area contributed by atoms with E-state index in [2.05, 4.69) is 30.6 Å². The fourth-order valence-electron chi connectivity index (χ4n) is 11.9. The maximum atomic E-state index is 13.4. The van der Waals surface area contributed by atoms with Crippen molar-refractivity contribution in [1.82, 2.24) is 29.5 Å². The molecule has 0 radical (unpaired) electrons. The molecule has 10 rings (SSSR count). The largest absolute Gasteiger partial charge is 0.481 e. The van der Waals surface area contributed by atoms with Crippen LogP contribution in [0.15, 0.2) is 110 Å². The highest BCUT2D eigenvalue weighted by atomic mass is 16.6. The van der Waals surface area contributed by atoms with E-state index in [0.717, 1.165) is 59.6 Å². The first-order valence-corrected chi connectivity index (χ1v) is 25.3. The summed E-state index contributed by atoms with van der Waals surface area (Å²) in [5.41, 5.74) is 3.11. The summed E-state index contributed by atoms with van der Waals surface area (Å²) >= 11 is 0. The van der Waals surface area contributed by atoms with Crippen LogP contribution in [0.4, 0.5) is 32.9 Å². The van der Waals surface area contributed by atoms with Crippen LogP contribution in [0.2, 0.25) is 0 Å². The summed E-state index contributed by atoms with van der Waals surface area (Å²) < 4.78 is 14.5. The molecule has 4 aliphatic rings. The van der Waals surface area contributed by atoms with Crippen molar-refractivity contribution in [3.8, 4) is 11.4 Å². The second kappa shape index (κ2) is 20.0. The number of carbonyl (C=O) groups excluding carboxylic acids is 2. The molecule has 6 heterocycles. The van der Waals surface area contributed by atoms with Crippen LogP contribution >= 0.6 is 0 Å².